The van der Waals surface area contributed by atoms with Gasteiger partial charge in [-0.3, -0.25) is 0 Å². The molecule has 0 fully saturated rings. The second kappa shape index (κ2) is 3.29. The predicted octanol–water partition coefficient (Wildman–Crippen LogP) is 1.91. The van der Waals surface area contributed by atoms with Crippen molar-refractivity contribution in [1.82, 2.24) is 9.55 Å². The molecule has 14 heavy (non-hydrogen) atoms. The van der Waals surface area contributed by atoms with Crippen molar-refractivity contribution in [2.24, 2.45) is 7.05 Å². The Labute approximate surface area is 81.1 Å². The summed E-state index contributed by atoms with van der Waals surface area (Å²) in [5.41, 5.74) is 1.41. The number of aromatic nitrogens is 2. The predicted molar refractivity (Wildman–Crippen MR) is 50.7 cm³/mol. The van der Waals surface area contributed by atoms with Gasteiger partial charge in [0, 0.05) is 19.2 Å². The SMILES string of the molecule is CCOc1cc2n[c]n(C)c2cc1F. The molecule has 0 spiro atoms. The third-order valence-electron chi connectivity index (χ3n) is 2.01. The Bertz CT molecular complexity index is 464. The summed E-state index contributed by atoms with van der Waals surface area (Å²) in [6.45, 7) is 2.26. The van der Waals surface area contributed by atoms with Crippen LogP contribution in [0.4, 0.5) is 4.39 Å². The van der Waals surface area contributed by atoms with Gasteiger partial charge in [-0.25, -0.2) is 9.37 Å². The minimum absolute atomic E-state index is 0.243. The Balaban J connectivity index is 2.60. The highest BCUT2D eigenvalue weighted by Crippen LogP contribution is 2.23. The van der Waals surface area contributed by atoms with Crippen LogP contribution >= 0.6 is 0 Å². The molecule has 73 valence electrons. The molecule has 0 amide bonds. The maximum Gasteiger partial charge on any atom is 0.177 e. The fraction of sp³-hybridized carbons (Fsp3) is 0.300. The molecule has 0 bridgehead atoms. The summed E-state index contributed by atoms with van der Waals surface area (Å²) in [4.78, 5) is 3.99. The van der Waals surface area contributed by atoms with Crippen LogP contribution in [0, 0.1) is 12.1 Å². The lowest BCUT2D eigenvalue weighted by molar-refractivity contribution is 0.322. The van der Waals surface area contributed by atoms with Gasteiger partial charge in [0.05, 0.1) is 17.6 Å². The van der Waals surface area contributed by atoms with E-state index in [1.54, 1.807) is 17.7 Å². The Morgan fingerprint density at radius 1 is 1.57 bits per heavy atom. The molecule has 0 aliphatic rings. The van der Waals surface area contributed by atoms with Crippen molar-refractivity contribution in [3.63, 3.8) is 0 Å². The normalized spacial score (nSPS) is 10.8. The third-order valence-corrected chi connectivity index (χ3v) is 2.01. The second-order valence-electron chi connectivity index (χ2n) is 2.98. The number of imidazole rings is 1. The van der Waals surface area contributed by atoms with Crippen LogP contribution in [0.3, 0.4) is 0 Å². The molecule has 1 heterocycles. The number of rotatable bonds is 2. The van der Waals surface area contributed by atoms with E-state index in [2.05, 4.69) is 11.3 Å². The number of nitrogens with zero attached hydrogens (tertiary/aromatic N) is 2. The molecule has 3 nitrogen and oxygen atoms in total. The van der Waals surface area contributed by atoms with Crippen molar-refractivity contribution in [2.45, 2.75) is 6.92 Å². The van der Waals surface area contributed by atoms with Gasteiger partial charge < -0.3 is 9.30 Å². The quantitative estimate of drug-likeness (QED) is 0.728. The van der Waals surface area contributed by atoms with E-state index in [-0.39, 0.29) is 11.6 Å². The van der Waals surface area contributed by atoms with E-state index in [0.717, 1.165) is 0 Å². The lowest BCUT2D eigenvalue weighted by Crippen LogP contribution is -1.95. The molecule has 0 saturated heterocycles. The van der Waals surface area contributed by atoms with Crippen molar-refractivity contribution in [2.75, 3.05) is 6.61 Å². The first-order chi connectivity index (χ1) is 6.72. The topological polar surface area (TPSA) is 27.1 Å². The van der Waals surface area contributed by atoms with Crippen molar-refractivity contribution in [3.05, 3.63) is 24.3 Å². The minimum atomic E-state index is -0.364. The third kappa shape index (κ3) is 1.32. The molecule has 0 unspecified atom stereocenters. The first kappa shape index (κ1) is 8.99. The van der Waals surface area contributed by atoms with Gasteiger partial charge in [-0.15, -0.1) is 0 Å². The highest BCUT2D eigenvalue weighted by atomic mass is 19.1. The number of aryl methyl sites for hydroxylation is 1. The number of benzene rings is 1. The first-order valence-corrected chi connectivity index (χ1v) is 4.39. The van der Waals surface area contributed by atoms with Crippen LogP contribution in [0.25, 0.3) is 11.0 Å². The van der Waals surface area contributed by atoms with Gasteiger partial charge in [-0.1, -0.05) is 0 Å². The lowest BCUT2D eigenvalue weighted by atomic mass is 10.3. The fourth-order valence-electron chi connectivity index (χ4n) is 1.34. The second-order valence-corrected chi connectivity index (χ2v) is 2.98. The van der Waals surface area contributed by atoms with Gasteiger partial charge >= 0.3 is 0 Å². The highest BCUT2D eigenvalue weighted by Gasteiger charge is 2.08. The smallest absolute Gasteiger partial charge is 0.177 e. The number of hydrogen-bond donors (Lipinski definition) is 0. The monoisotopic (exact) mass is 193 g/mol. The molecule has 1 aromatic heterocycles. The number of halogens is 1. The van der Waals surface area contributed by atoms with Gasteiger partial charge in [-0.2, -0.15) is 0 Å². The summed E-state index contributed by atoms with van der Waals surface area (Å²) in [5.74, 6) is -0.122. The Morgan fingerprint density at radius 3 is 3.07 bits per heavy atom. The van der Waals surface area contributed by atoms with Crippen LogP contribution < -0.4 is 4.74 Å². The molecule has 1 aromatic carbocycles. The summed E-state index contributed by atoms with van der Waals surface area (Å²) in [6, 6.07) is 2.99. The van der Waals surface area contributed by atoms with Gasteiger partial charge in [0.1, 0.15) is 0 Å². The number of fused-ring (bicyclic) bond motifs is 1. The maximum atomic E-state index is 13.4. The van der Waals surface area contributed by atoms with Crippen molar-refractivity contribution < 1.29 is 9.13 Å². The summed E-state index contributed by atoms with van der Waals surface area (Å²) in [6.07, 6.45) is 2.72. The molecule has 0 aliphatic carbocycles. The van der Waals surface area contributed by atoms with Gasteiger partial charge in [-0.05, 0) is 6.92 Å². The standard InChI is InChI=1S/C10H10FN2O/c1-3-14-10-5-8-9(4-7(10)11)13(2)6-12-8/h4-5H,3H2,1-2H3. The van der Waals surface area contributed by atoms with Crippen molar-refractivity contribution >= 4 is 11.0 Å². The molecule has 2 aromatic rings. The molecule has 2 rings (SSSR count). The average Bonchev–Trinajstić information content (AvgIpc) is 2.50. The molecular formula is C10H10FN2O. The molecule has 0 saturated carbocycles. The van der Waals surface area contributed by atoms with Crippen LogP contribution in [0.2, 0.25) is 0 Å². The summed E-state index contributed by atoms with van der Waals surface area (Å²) >= 11 is 0. The van der Waals surface area contributed by atoms with Gasteiger partial charge in [0.15, 0.2) is 17.9 Å². The Kier molecular flexibility index (Phi) is 2.11. The summed E-state index contributed by atoms with van der Waals surface area (Å²) < 4.78 is 20.1. The van der Waals surface area contributed by atoms with Gasteiger partial charge in [0.25, 0.3) is 0 Å². The molecule has 0 aliphatic heterocycles. The number of ether oxygens (including phenoxy) is 1. The van der Waals surface area contributed by atoms with E-state index < -0.39 is 0 Å². The zero-order chi connectivity index (χ0) is 10.1. The molecule has 0 atom stereocenters. The van der Waals surface area contributed by atoms with Crippen LogP contribution in [0.15, 0.2) is 12.1 Å². The highest BCUT2D eigenvalue weighted by molar-refractivity contribution is 5.77. The zero-order valence-electron chi connectivity index (χ0n) is 8.04. The maximum absolute atomic E-state index is 13.4. The molecule has 1 radical (unpaired) electrons. The van der Waals surface area contributed by atoms with Gasteiger partial charge in [0.2, 0.25) is 0 Å². The van der Waals surface area contributed by atoms with Crippen LogP contribution in [0.5, 0.6) is 5.75 Å². The molecule has 0 N–H and O–H groups in total. The number of hydrogen-bond acceptors (Lipinski definition) is 2. The fourth-order valence-corrected chi connectivity index (χ4v) is 1.34. The van der Waals surface area contributed by atoms with Crippen LogP contribution in [-0.4, -0.2) is 16.2 Å². The molecule has 4 heteroatoms. The largest absolute Gasteiger partial charge is 0.491 e. The minimum Gasteiger partial charge on any atom is -0.491 e. The van der Waals surface area contributed by atoms with Crippen LogP contribution in [-0.2, 0) is 7.05 Å². The van der Waals surface area contributed by atoms with E-state index in [0.29, 0.717) is 17.6 Å². The van der Waals surface area contributed by atoms with E-state index in [1.807, 2.05) is 6.92 Å². The van der Waals surface area contributed by atoms with Crippen molar-refractivity contribution in [1.29, 1.82) is 0 Å². The van der Waals surface area contributed by atoms with E-state index >= 15 is 0 Å². The van der Waals surface area contributed by atoms with Crippen molar-refractivity contribution in [3.8, 4) is 5.75 Å². The summed E-state index contributed by atoms with van der Waals surface area (Å²) in [7, 11) is 1.77. The Morgan fingerprint density at radius 2 is 2.36 bits per heavy atom. The lowest BCUT2D eigenvalue weighted by Gasteiger charge is -2.04. The van der Waals surface area contributed by atoms with E-state index in [4.69, 9.17) is 4.74 Å². The van der Waals surface area contributed by atoms with E-state index in [9.17, 15) is 4.39 Å². The first-order valence-electron chi connectivity index (χ1n) is 4.39. The zero-order valence-corrected chi connectivity index (χ0v) is 8.04. The Hall–Kier alpha value is -1.58. The summed E-state index contributed by atoms with van der Waals surface area (Å²) in [5, 5.41) is 0. The van der Waals surface area contributed by atoms with Crippen LogP contribution in [0.1, 0.15) is 6.92 Å². The molecular weight excluding hydrogens is 183 g/mol. The average molecular weight is 193 g/mol. The van der Waals surface area contributed by atoms with E-state index in [1.165, 1.54) is 6.07 Å².